The molecule has 0 bridgehead atoms. The van der Waals surface area contributed by atoms with Crippen LogP contribution < -0.4 is 0 Å². The Morgan fingerprint density at radius 3 is 1.18 bits per heavy atom. The van der Waals surface area contributed by atoms with E-state index in [4.69, 9.17) is 10.2 Å². The van der Waals surface area contributed by atoms with Crippen molar-refractivity contribution >= 4 is 29.8 Å². The van der Waals surface area contributed by atoms with E-state index in [1.807, 2.05) is 0 Å². The molecular weight excluding hydrogens is 376 g/mol. The maximum Gasteiger partial charge on any atom is 0.336 e. The molecule has 2 rings (SSSR count). The van der Waals surface area contributed by atoms with E-state index >= 15 is 0 Å². The van der Waals surface area contributed by atoms with Crippen molar-refractivity contribution in [3.8, 4) is 11.1 Å². The van der Waals surface area contributed by atoms with Gasteiger partial charge in [-0.15, -0.1) is 0 Å². The third-order valence-electron chi connectivity index (χ3n) is 3.91. The van der Waals surface area contributed by atoms with Crippen LogP contribution in [0.15, 0.2) is 24.3 Å². The summed E-state index contributed by atoms with van der Waals surface area (Å²) in [7, 11) is 0. The van der Waals surface area contributed by atoms with Crippen LogP contribution >= 0.6 is 0 Å². The third kappa shape index (κ3) is 3.51. The van der Waals surface area contributed by atoms with Gasteiger partial charge in [0.1, 0.15) is 0 Å². The first-order valence-corrected chi connectivity index (χ1v) is 7.45. The normalized spacial score (nSPS) is 10.3. The summed E-state index contributed by atoms with van der Waals surface area (Å²) < 4.78 is 0. The highest BCUT2D eigenvalue weighted by Gasteiger charge is 2.28. The minimum Gasteiger partial charge on any atom is -0.478 e. The Balaban J connectivity index is 3.09. The van der Waals surface area contributed by atoms with Crippen LogP contribution in [0.25, 0.3) is 11.1 Å². The summed E-state index contributed by atoms with van der Waals surface area (Å²) >= 11 is 0. The van der Waals surface area contributed by atoms with Crippen LogP contribution in [0.3, 0.4) is 0 Å². The molecule has 0 saturated carbocycles. The number of carboxylic acids is 5. The van der Waals surface area contributed by atoms with Crippen molar-refractivity contribution in [2.75, 3.05) is 0 Å². The van der Waals surface area contributed by atoms with Crippen LogP contribution in [-0.4, -0.2) is 55.4 Å². The van der Waals surface area contributed by atoms with Gasteiger partial charge < -0.3 is 25.5 Å². The molecule has 0 aliphatic rings. The summed E-state index contributed by atoms with van der Waals surface area (Å²) in [6.07, 6.45) is 0. The van der Waals surface area contributed by atoms with Crippen LogP contribution in [0.2, 0.25) is 0 Å². The Morgan fingerprint density at radius 1 is 0.536 bits per heavy atom. The maximum atomic E-state index is 11.7. The Bertz CT molecular complexity index is 1030. The lowest BCUT2D eigenvalue weighted by atomic mass is 9.86. The Morgan fingerprint density at radius 2 is 0.857 bits per heavy atom. The fourth-order valence-corrected chi connectivity index (χ4v) is 2.78. The highest BCUT2D eigenvalue weighted by atomic mass is 16.4. The molecule has 5 N–H and O–H groups in total. The quantitative estimate of drug-likeness (QED) is 0.490. The van der Waals surface area contributed by atoms with E-state index in [2.05, 4.69) is 0 Å². The molecular formula is C18H12O10. The molecule has 0 aliphatic carbocycles. The summed E-state index contributed by atoms with van der Waals surface area (Å²) in [5.41, 5.74) is -4.00. The van der Waals surface area contributed by atoms with Gasteiger partial charge in [-0.1, -0.05) is 0 Å². The highest BCUT2D eigenvalue weighted by Crippen LogP contribution is 2.36. The van der Waals surface area contributed by atoms with Gasteiger partial charge in [-0.3, -0.25) is 0 Å². The van der Waals surface area contributed by atoms with Gasteiger partial charge in [0, 0.05) is 11.1 Å². The zero-order valence-electron chi connectivity index (χ0n) is 14.1. The number of carboxylic acid groups (broad SMARTS) is 5. The molecule has 2 aromatic carbocycles. The van der Waals surface area contributed by atoms with Crippen molar-refractivity contribution in [1.82, 2.24) is 0 Å². The molecule has 2 aromatic rings. The number of hydrogen-bond acceptors (Lipinski definition) is 5. The van der Waals surface area contributed by atoms with Crippen molar-refractivity contribution in [2.45, 2.75) is 6.92 Å². The second-order valence-electron chi connectivity index (χ2n) is 5.69. The van der Waals surface area contributed by atoms with Gasteiger partial charge in [0.05, 0.1) is 27.8 Å². The number of benzene rings is 2. The Kier molecular flexibility index (Phi) is 5.16. The maximum absolute atomic E-state index is 11.7. The molecule has 0 amide bonds. The molecule has 0 spiro atoms. The average Bonchev–Trinajstić information content (AvgIpc) is 2.59. The molecule has 0 heterocycles. The molecule has 0 atom stereocenters. The molecule has 10 heteroatoms. The molecule has 144 valence electrons. The number of aryl methyl sites for hydroxylation is 1. The van der Waals surface area contributed by atoms with Gasteiger partial charge in [-0.2, -0.15) is 0 Å². The first-order valence-electron chi connectivity index (χ1n) is 7.45. The van der Waals surface area contributed by atoms with Crippen LogP contribution in [0.4, 0.5) is 0 Å². The van der Waals surface area contributed by atoms with E-state index < -0.39 is 63.2 Å². The summed E-state index contributed by atoms with van der Waals surface area (Å²) in [4.78, 5) is 57.5. The molecule has 10 nitrogen and oxygen atoms in total. The summed E-state index contributed by atoms with van der Waals surface area (Å²) in [5, 5.41) is 46.7. The standard InChI is InChI=1S/C18H12O10/c1-6-2-7(14(19)20)3-9(16(23)24)12(6)13-10(17(25)26)4-8(15(21)22)5-11(13)18(27)28/h2-5H,1H3,(H,19,20)(H,21,22)(H,23,24)(H,25,26)(H,27,28). The second kappa shape index (κ2) is 7.19. The first-order chi connectivity index (χ1) is 13.0. The van der Waals surface area contributed by atoms with Gasteiger partial charge in [0.25, 0.3) is 0 Å². The van der Waals surface area contributed by atoms with Gasteiger partial charge in [0.2, 0.25) is 0 Å². The van der Waals surface area contributed by atoms with Gasteiger partial charge >= 0.3 is 29.8 Å². The summed E-state index contributed by atoms with van der Waals surface area (Å²) in [6.45, 7) is 1.29. The number of carbonyl (C=O) groups is 5. The molecule has 0 radical (unpaired) electrons. The lowest BCUT2D eigenvalue weighted by Gasteiger charge is -2.17. The van der Waals surface area contributed by atoms with E-state index in [1.165, 1.54) is 6.92 Å². The van der Waals surface area contributed by atoms with Crippen LogP contribution in [0, 0.1) is 6.92 Å². The minimum absolute atomic E-state index is 0.00891. The first kappa shape index (κ1) is 20.1. The van der Waals surface area contributed by atoms with Crippen LogP contribution in [0.5, 0.6) is 0 Å². The topological polar surface area (TPSA) is 186 Å². The van der Waals surface area contributed by atoms with Gasteiger partial charge in [0.15, 0.2) is 0 Å². The minimum atomic E-state index is -1.68. The summed E-state index contributed by atoms with van der Waals surface area (Å²) in [5.74, 6) is -7.99. The van der Waals surface area contributed by atoms with Crippen LogP contribution in [0.1, 0.15) is 57.4 Å². The Hall–Kier alpha value is -4.21. The van der Waals surface area contributed by atoms with E-state index in [0.717, 1.165) is 12.1 Å². The monoisotopic (exact) mass is 388 g/mol. The fraction of sp³-hybridized carbons (Fsp3) is 0.0556. The lowest BCUT2D eigenvalue weighted by molar-refractivity contribution is 0.0670. The number of hydrogen-bond donors (Lipinski definition) is 5. The van der Waals surface area contributed by atoms with E-state index in [9.17, 15) is 39.3 Å². The predicted molar refractivity (Wildman–Crippen MR) is 91.4 cm³/mol. The lowest BCUT2D eigenvalue weighted by Crippen LogP contribution is -2.14. The average molecular weight is 388 g/mol. The summed E-state index contributed by atoms with van der Waals surface area (Å²) in [6, 6.07) is 3.26. The smallest absolute Gasteiger partial charge is 0.336 e. The van der Waals surface area contributed by atoms with E-state index in [0.29, 0.717) is 12.1 Å². The molecule has 0 unspecified atom stereocenters. The van der Waals surface area contributed by atoms with E-state index in [1.54, 1.807) is 0 Å². The zero-order chi connectivity index (χ0) is 21.3. The Labute approximate surface area is 155 Å². The molecule has 0 aliphatic heterocycles. The second-order valence-corrected chi connectivity index (χ2v) is 5.69. The largest absolute Gasteiger partial charge is 0.478 e. The molecule has 0 fully saturated rings. The highest BCUT2D eigenvalue weighted by molar-refractivity contribution is 6.11. The predicted octanol–water partition coefficient (Wildman–Crippen LogP) is 2.15. The zero-order valence-corrected chi connectivity index (χ0v) is 14.1. The third-order valence-corrected chi connectivity index (χ3v) is 3.91. The van der Waals surface area contributed by atoms with Gasteiger partial charge in [-0.25, -0.2) is 24.0 Å². The SMILES string of the molecule is Cc1cc(C(=O)O)cc(C(=O)O)c1-c1c(C(=O)O)cc(C(=O)O)cc1C(=O)O. The van der Waals surface area contributed by atoms with Crippen molar-refractivity contribution in [3.63, 3.8) is 0 Å². The van der Waals surface area contributed by atoms with Crippen molar-refractivity contribution in [2.24, 2.45) is 0 Å². The molecule has 0 saturated heterocycles. The van der Waals surface area contributed by atoms with Crippen molar-refractivity contribution < 1.29 is 49.5 Å². The van der Waals surface area contributed by atoms with Crippen LogP contribution in [-0.2, 0) is 0 Å². The van der Waals surface area contributed by atoms with Gasteiger partial charge in [-0.05, 0) is 36.8 Å². The molecule has 28 heavy (non-hydrogen) atoms. The molecule has 0 aromatic heterocycles. The fourth-order valence-electron chi connectivity index (χ4n) is 2.78. The number of rotatable bonds is 6. The van der Waals surface area contributed by atoms with E-state index in [-0.39, 0.29) is 11.1 Å². The van der Waals surface area contributed by atoms with Crippen molar-refractivity contribution in [3.05, 3.63) is 57.6 Å². The number of aromatic carboxylic acids is 5. The van der Waals surface area contributed by atoms with Crippen molar-refractivity contribution in [1.29, 1.82) is 0 Å².